The van der Waals surface area contributed by atoms with Crippen molar-refractivity contribution < 1.29 is 0 Å². The summed E-state index contributed by atoms with van der Waals surface area (Å²) in [6.45, 7) is 3.98. The van der Waals surface area contributed by atoms with Gasteiger partial charge in [-0.25, -0.2) is 9.97 Å². The number of aromatic nitrogens is 2. The molecule has 0 aromatic carbocycles. The Morgan fingerprint density at radius 2 is 2.00 bits per heavy atom. The zero-order chi connectivity index (χ0) is 12.3. The summed E-state index contributed by atoms with van der Waals surface area (Å²) in [5.41, 5.74) is 6.84. The largest absolute Gasteiger partial charge is 0.393 e. The molecule has 0 aliphatic carbocycles. The molecule has 1 aromatic heterocycles. The van der Waals surface area contributed by atoms with Gasteiger partial charge < -0.3 is 10.6 Å². The van der Waals surface area contributed by atoms with Crippen molar-refractivity contribution in [3.8, 4) is 0 Å². The fraction of sp³-hybridized carbons (Fsp3) is 0.583. The number of nitrogens with two attached hydrogens (primary N) is 1. The minimum atomic E-state index is 0.385. The smallest absolute Gasteiger partial charge is 0.225 e. The summed E-state index contributed by atoms with van der Waals surface area (Å²) in [6.07, 6.45) is 6.80. The minimum absolute atomic E-state index is 0.385. The molecule has 2 N–H and O–H groups in total. The molecule has 1 fully saturated rings. The number of anilines is 1. The second kappa shape index (κ2) is 5.40. The molecule has 0 saturated carbocycles. The molecule has 2 rings (SSSR count). The average molecular weight is 250 g/mol. The topological polar surface area (TPSA) is 55.0 Å². The Hall–Kier alpha value is -1.23. The van der Waals surface area contributed by atoms with Gasteiger partial charge in [-0.15, -0.1) is 0 Å². The van der Waals surface area contributed by atoms with Gasteiger partial charge in [0.25, 0.3) is 0 Å². The van der Waals surface area contributed by atoms with Crippen molar-refractivity contribution in [1.82, 2.24) is 9.97 Å². The van der Waals surface area contributed by atoms with Gasteiger partial charge in [-0.1, -0.05) is 19.1 Å². The molecule has 1 aliphatic heterocycles. The number of thiocarbonyl (C=S) groups is 1. The fourth-order valence-electron chi connectivity index (χ4n) is 2.06. The van der Waals surface area contributed by atoms with Crippen LogP contribution in [-0.4, -0.2) is 28.0 Å². The van der Waals surface area contributed by atoms with Gasteiger partial charge in [0.05, 0.1) is 4.99 Å². The molecule has 5 heteroatoms. The van der Waals surface area contributed by atoms with Gasteiger partial charge in [0.15, 0.2) is 0 Å². The molecule has 1 saturated heterocycles. The van der Waals surface area contributed by atoms with Crippen LogP contribution in [0.25, 0.3) is 0 Å². The maximum atomic E-state index is 5.67. The molecular formula is C12H18N4S. The number of hydrogen-bond acceptors (Lipinski definition) is 4. The first kappa shape index (κ1) is 12.2. The van der Waals surface area contributed by atoms with Crippen molar-refractivity contribution in [3.05, 3.63) is 18.0 Å². The summed E-state index contributed by atoms with van der Waals surface area (Å²) in [4.78, 5) is 11.6. The lowest BCUT2D eigenvalue weighted by Crippen LogP contribution is -2.38. The standard InChI is InChI=1S/C12H18N4S/c1-2-9-7-14-12(15-8-9)16-5-3-10(4-6-16)11(13)17/h7-8,10H,2-6H2,1H3,(H2,13,17). The molecule has 0 spiro atoms. The van der Waals surface area contributed by atoms with Crippen molar-refractivity contribution in [2.24, 2.45) is 11.7 Å². The predicted octanol–water partition coefficient (Wildman–Crippen LogP) is 1.54. The highest BCUT2D eigenvalue weighted by Gasteiger charge is 2.22. The van der Waals surface area contributed by atoms with Gasteiger partial charge in [0.1, 0.15) is 0 Å². The Labute approximate surface area is 107 Å². The summed E-state index contributed by atoms with van der Waals surface area (Å²) in [6, 6.07) is 0. The molecule has 0 radical (unpaired) electrons. The molecule has 2 heterocycles. The van der Waals surface area contributed by atoms with E-state index in [1.807, 2.05) is 12.4 Å². The van der Waals surface area contributed by atoms with E-state index in [1.165, 1.54) is 5.56 Å². The van der Waals surface area contributed by atoms with E-state index < -0.39 is 0 Å². The number of aryl methyl sites for hydroxylation is 1. The number of hydrogen-bond donors (Lipinski definition) is 1. The lowest BCUT2D eigenvalue weighted by atomic mass is 9.97. The van der Waals surface area contributed by atoms with Gasteiger partial charge in [0.2, 0.25) is 5.95 Å². The first-order valence-electron chi connectivity index (χ1n) is 6.06. The quantitative estimate of drug-likeness (QED) is 0.825. The minimum Gasteiger partial charge on any atom is -0.393 e. The molecular weight excluding hydrogens is 232 g/mol. The normalized spacial score (nSPS) is 17.1. The lowest BCUT2D eigenvalue weighted by molar-refractivity contribution is 0.498. The first-order chi connectivity index (χ1) is 8.20. The van der Waals surface area contributed by atoms with Gasteiger partial charge in [0, 0.05) is 31.4 Å². The highest BCUT2D eigenvalue weighted by molar-refractivity contribution is 7.80. The molecule has 1 aromatic rings. The third-order valence-electron chi connectivity index (χ3n) is 3.28. The SMILES string of the molecule is CCc1cnc(N2CCC(C(N)=S)CC2)nc1. The average Bonchev–Trinajstić information content (AvgIpc) is 2.39. The van der Waals surface area contributed by atoms with Crippen LogP contribution < -0.4 is 10.6 Å². The van der Waals surface area contributed by atoms with Crippen LogP contribution in [-0.2, 0) is 6.42 Å². The van der Waals surface area contributed by atoms with Gasteiger partial charge >= 0.3 is 0 Å². The van der Waals surface area contributed by atoms with E-state index >= 15 is 0 Å². The zero-order valence-electron chi connectivity index (χ0n) is 10.1. The van der Waals surface area contributed by atoms with Crippen LogP contribution in [0.5, 0.6) is 0 Å². The van der Waals surface area contributed by atoms with Crippen LogP contribution in [0.3, 0.4) is 0 Å². The summed E-state index contributed by atoms with van der Waals surface area (Å²) in [5.74, 6) is 1.21. The van der Waals surface area contributed by atoms with E-state index in [1.54, 1.807) is 0 Å². The van der Waals surface area contributed by atoms with Gasteiger partial charge in [-0.05, 0) is 24.8 Å². The Morgan fingerprint density at radius 1 is 1.41 bits per heavy atom. The zero-order valence-corrected chi connectivity index (χ0v) is 10.9. The molecule has 92 valence electrons. The summed E-state index contributed by atoms with van der Waals surface area (Å²) in [5, 5.41) is 0. The summed E-state index contributed by atoms with van der Waals surface area (Å²) in [7, 11) is 0. The molecule has 17 heavy (non-hydrogen) atoms. The van der Waals surface area contributed by atoms with E-state index in [-0.39, 0.29) is 0 Å². The number of nitrogens with zero attached hydrogens (tertiary/aromatic N) is 3. The third kappa shape index (κ3) is 2.91. The first-order valence-corrected chi connectivity index (χ1v) is 6.46. The summed E-state index contributed by atoms with van der Waals surface area (Å²) < 4.78 is 0. The van der Waals surface area contributed by atoms with Crippen molar-refractivity contribution in [2.75, 3.05) is 18.0 Å². The Balaban J connectivity index is 1.97. The van der Waals surface area contributed by atoms with E-state index in [4.69, 9.17) is 18.0 Å². The Kier molecular flexibility index (Phi) is 3.89. The second-order valence-corrected chi connectivity index (χ2v) is 4.88. The molecule has 0 bridgehead atoms. The Bertz CT molecular complexity index is 382. The number of rotatable bonds is 3. The summed E-state index contributed by atoms with van der Waals surface area (Å²) >= 11 is 5.03. The molecule has 1 aliphatic rings. The molecule has 0 atom stereocenters. The van der Waals surface area contributed by atoms with Crippen LogP contribution in [0.15, 0.2) is 12.4 Å². The van der Waals surface area contributed by atoms with Crippen molar-refractivity contribution in [1.29, 1.82) is 0 Å². The highest BCUT2D eigenvalue weighted by Crippen LogP contribution is 2.20. The van der Waals surface area contributed by atoms with Crippen LogP contribution in [0, 0.1) is 5.92 Å². The monoisotopic (exact) mass is 250 g/mol. The highest BCUT2D eigenvalue weighted by atomic mass is 32.1. The van der Waals surface area contributed by atoms with Crippen LogP contribution in [0.1, 0.15) is 25.3 Å². The maximum absolute atomic E-state index is 5.67. The second-order valence-electron chi connectivity index (χ2n) is 4.41. The molecule has 0 amide bonds. The van der Waals surface area contributed by atoms with Crippen LogP contribution >= 0.6 is 12.2 Å². The predicted molar refractivity (Wildman–Crippen MR) is 73.1 cm³/mol. The van der Waals surface area contributed by atoms with Crippen molar-refractivity contribution >= 4 is 23.2 Å². The maximum Gasteiger partial charge on any atom is 0.225 e. The number of piperidine rings is 1. The van der Waals surface area contributed by atoms with Crippen LogP contribution in [0.4, 0.5) is 5.95 Å². The lowest BCUT2D eigenvalue weighted by Gasteiger charge is -2.31. The Morgan fingerprint density at radius 3 is 2.47 bits per heavy atom. The molecule has 4 nitrogen and oxygen atoms in total. The van der Waals surface area contributed by atoms with E-state index in [2.05, 4.69) is 21.8 Å². The molecule has 0 unspecified atom stereocenters. The van der Waals surface area contributed by atoms with Gasteiger partial charge in [-0.2, -0.15) is 0 Å². The van der Waals surface area contributed by atoms with E-state index in [0.29, 0.717) is 10.9 Å². The van der Waals surface area contributed by atoms with Crippen molar-refractivity contribution in [3.63, 3.8) is 0 Å². The third-order valence-corrected chi connectivity index (χ3v) is 3.61. The fourth-order valence-corrected chi connectivity index (χ4v) is 2.29. The van der Waals surface area contributed by atoms with E-state index in [0.717, 1.165) is 38.3 Å². The van der Waals surface area contributed by atoms with E-state index in [9.17, 15) is 0 Å². The van der Waals surface area contributed by atoms with Gasteiger partial charge in [-0.3, -0.25) is 0 Å². The van der Waals surface area contributed by atoms with Crippen LogP contribution in [0.2, 0.25) is 0 Å². The van der Waals surface area contributed by atoms with Crippen molar-refractivity contribution in [2.45, 2.75) is 26.2 Å².